The van der Waals surface area contributed by atoms with Crippen LogP contribution in [0.15, 0.2) is 85.1 Å². The van der Waals surface area contributed by atoms with Crippen molar-refractivity contribution in [3.63, 3.8) is 0 Å². The number of rotatable bonds is 47. The number of carbonyl (C=O) groups excluding carboxylic acids is 7. The number of unbranched alkanes of at least 4 members (excludes halogenated alkanes) is 2. The van der Waals surface area contributed by atoms with Gasteiger partial charge < -0.3 is 51.1 Å². The number of aldehydes is 1. The Labute approximate surface area is 561 Å². The molecule has 532 valence electrons. The minimum Gasteiger partial charge on any atom is -0.410 e. The van der Waals surface area contributed by atoms with Gasteiger partial charge in [0, 0.05) is 98.4 Å². The van der Waals surface area contributed by atoms with Crippen LogP contribution in [0.1, 0.15) is 147 Å². The minimum atomic E-state index is -3.45. The highest BCUT2D eigenvalue weighted by molar-refractivity contribution is 7.54. The highest BCUT2D eigenvalue weighted by Crippen LogP contribution is 2.47. The summed E-state index contributed by atoms with van der Waals surface area (Å²) in [7, 11) is 1.57. The summed E-state index contributed by atoms with van der Waals surface area (Å²) >= 11 is 0. The number of Topliss-reactive ketones (excluding diaryl/α,β-unsaturated/α-hetero) is 1. The van der Waals surface area contributed by atoms with E-state index in [9.17, 15) is 38.1 Å². The molecule has 0 unspecified atom stereocenters. The number of nitrogens with one attached hydrogen (secondary N) is 2. The molecule has 10 atom stereocenters. The molecule has 2 aliphatic rings. The Hall–Kier alpha value is -4.27. The summed E-state index contributed by atoms with van der Waals surface area (Å²) in [6.45, 7) is 33.0. The number of piperidine rings is 2. The summed E-state index contributed by atoms with van der Waals surface area (Å²) < 4.78 is 71.5. The molecular weight excluding hydrogens is 1240 g/mol. The quantitative estimate of drug-likeness (QED) is 0.00839. The first-order chi connectivity index (χ1) is 44.2. The van der Waals surface area contributed by atoms with Crippen molar-refractivity contribution in [1.29, 1.82) is 0 Å². The molecule has 2 heterocycles. The molecular formula is C70H121N2O18PSi2. The van der Waals surface area contributed by atoms with E-state index in [1.165, 1.54) is 14.2 Å². The zero-order chi connectivity index (χ0) is 70.7. The monoisotopic (exact) mass is 1360 g/mol. The number of methoxy groups -OCH3 is 4. The van der Waals surface area contributed by atoms with Gasteiger partial charge in [0.1, 0.15) is 38.2 Å². The summed E-state index contributed by atoms with van der Waals surface area (Å²) in [5.74, 6) is -2.56. The number of ketones is 2. The molecule has 0 aliphatic carbocycles. The summed E-state index contributed by atoms with van der Waals surface area (Å²) in [6.07, 6.45) is 23.3. The van der Waals surface area contributed by atoms with Crippen LogP contribution in [-0.4, -0.2) is 157 Å². The van der Waals surface area contributed by atoms with Gasteiger partial charge in [-0.2, -0.15) is 0 Å². The molecule has 2 saturated heterocycles. The normalized spacial score (nSPS) is 18.3. The Morgan fingerprint density at radius 3 is 1.26 bits per heavy atom. The molecule has 0 bridgehead atoms. The van der Waals surface area contributed by atoms with Crippen LogP contribution >= 0.6 is 7.60 Å². The van der Waals surface area contributed by atoms with Crippen LogP contribution in [0.4, 0.5) is 0 Å². The first-order valence-electron chi connectivity index (χ1n) is 33.3. The lowest BCUT2D eigenvalue weighted by molar-refractivity contribution is -0.138. The largest absolute Gasteiger partial charge is 0.410 e. The maximum Gasteiger partial charge on any atom is 0.337 e. The molecule has 2 aliphatic heterocycles. The van der Waals surface area contributed by atoms with Gasteiger partial charge in [-0.15, -0.1) is 13.2 Å². The van der Waals surface area contributed by atoms with E-state index < -0.39 is 30.1 Å². The number of amides is 4. The lowest BCUT2D eigenvalue weighted by atomic mass is 9.88. The molecule has 0 radical (unpaired) electrons. The lowest BCUT2D eigenvalue weighted by Crippen LogP contribution is -2.48. The summed E-state index contributed by atoms with van der Waals surface area (Å²) in [5.41, 5.74) is 1.91. The molecule has 93 heavy (non-hydrogen) atoms. The van der Waals surface area contributed by atoms with E-state index in [1.807, 2.05) is 57.2 Å². The van der Waals surface area contributed by atoms with E-state index in [0.29, 0.717) is 38.5 Å². The van der Waals surface area contributed by atoms with Gasteiger partial charge in [-0.05, 0) is 111 Å². The van der Waals surface area contributed by atoms with Crippen molar-refractivity contribution >= 4 is 65.7 Å². The van der Waals surface area contributed by atoms with E-state index in [0.717, 1.165) is 79.4 Å². The number of hydrogen-bond acceptors (Lipinski definition) is 18. The zero-order valence-corrected chi connectivity index (χ0v) is 62.8. The second kappa shape index (κ2) is 49.3. The van der Waals surface area contributed by atoms with Gasteiger partial charge in [-0.1, -0.05) is 124 Å². The van der Waals surface area contributed by atoms with Gasteiger partial charge in [-0.3, -0.25) is 44.0 Å². The third-order valence-corrected chi connectivity index (χ3v) is 28.8. The van der Waals surface area contributed by atoms with Crippen LogP contribution in [0, 0.1) is 35.5 Å². The Balaban J connectivity index is 0.00000156. The molecule has 4 amide bonds. The van der Waals surface area contributed by atoms with Crippen LogP contribution in [0.2, 0.25) is 36.3 Å². The summed E-state index contributed by atoms with van der Waals surface area (Å²) in [5, 5.41) is 4.50. The van der Waals surface area contributed by atoms with Crippen molar-refractivity contribution in [2.24, 2.45) is 35.5 Å². The molecule has 0 aromatic carbocycles. The van der Waals surface area contributed by atoms with Gasteiger partial charge in [0.15, 0.2) is 28.2 Å². The predicted octanol–water partition coefficient (Wildman–Crippen LogP) is 13.5. The highest BCUT2D eigenvalue weighted by Gasteiger charge is 2.42. The van der Waals surface area contributed by atoms with Crippen LogP contribution in [0.25, 0.3) is 0 Å². The Morgan fingerprint density at radius 1 is 0.570 bits per heavy atom. The molecule has 0 saturated carbocycles. The second-order valence-electron chi connectivity index (χ2n) is 24.3. The fraction of sp³-hybridized carbons (Fsp3) is 0.700. The summed E-state index contributed by atoms with van der Waals surface area (Å²) in [4.78, 5) is 80.9. The fourth-order valence-electron chi connectivity index (χ4n) is 11.4. The average Bonchev–Trinajstić information content (AvgIpc) is 1.14. The predicted molar refractivity (Wildman–Crippen MR) is 373 cm³/mol. The molecule has 20 nitrogen and oxygen atoms in total. The van der Waals surface area contributed by atoms with Gasteiger partial charge in [0.2, 0.25) is 23.6 Å². The van der Waals surface area contributed by atoms with E-state index >= 15 is 0 Å². The summed E-state index contributed by atoms with van der Waals surface area (Å²) in [6, 6.07) is 5.92. The molecule has 23 heteroatoms. The Morgan fingerprint density at radius 2 is 0.935 bits per heavy atom. The molecule has 0 aromatic heterocycles. The van der Waals surface area contributed by atoms with Crippen molar-refractivity contribution in [1.82, 2.24) is 10.6 Å². The molecule has 2 rings (SSSR count). The van der Waals surface area contributed by atoms with Gasteiger partial charge >= 0.3 is 7.60 Å². The SMILES string of the molecule is C=CCC/C=C/[C@H](OC)[C@@H](OCOC)[C@H](C)[C@@H](O[Si](CC)(CC)CC)/C(C)=C/[C@H](C)C(=O)/C=C/CC1CC(=O)NC(=O)C1.C=CCC/C=C/[C@H](OC)[C@@H](OCOC)[C@H](C)[C@@H](O[Si](CC)(CC)CC)/C(C)=C/[C@H](C)C(=O)CP(=O)(OC)OC.O=CCC1CC(=O)NC(=O)C1. The van der Waals surface area contributed by atoms with Crippen molar-refractivity contribution in [3.8, 4) is 0 Å². The van der Waals surface area contributed by atoms with Crippen molar-refractivity contribution < 1.29 is 84.4 Å². The Bertz CT molecular complexity index is 2400. The third-order valence-electron chi connectivity index (χ3n) is 17.7. The number of carbonyl (C=O) groups is 7. The number of imide groups is 2. The standard InChI is InChI=1S/C34H57NO7Si.C29H55O8PSi.C7H9NO3/c1-10-14-15-16-20-30(40-9)34(41-24-39-8)27(7)33(42-43(11-2,12-3)13-4)26(6)21-25(5)29(36)19-17-18-28-22-31(37)35-32(38)23-28;1-12-16-17-18-19-27(33-9)29(36-22-32-8)25(7)28(37-39(13-2,14-3)15-4)24(6)20-23(5)26(30)21-38(31,34-10)35-11;9-2-1-5-3-6(10)8-7(11)4-5/h10,16-17,19-21,25,27-28,30,33-34H,1,11-15,18,22-24H2,2-9H3,(H,35,37,38);12,18-20,23,25,27-29H,1,13-17,21-22H2,2-11H3;2,5H,1,3-4H2,(H,8,10,11)/b19-17+,20-16+,26-21+;19-18+,24-20+;/t25-,27+,30-,33-,34-;23-,25+,27-,28-,29-;/m00./s1. The van der Waals surface area contributed by atoms with Crippen LogP contribution in [0.5, 0.6) is 0 Å². The number of hydrogen-bond donors (Lipinski definition) is 2. The first kappa shape index (κ1) is 88.7. The smallest absolute Gasteiger partial charge is 0.337 e. The molecule has 0 aromatic rings. The maximum absolute atomic E-state index is 13.1. The average molecular weight is 1370 g/mol. The third kappa shape index (κ3) is 33.0. The van der Waals surface area contributed by atoms with Crippen LogP contribution in [0.3, 0.4) is 0 Å². The number of allylic oxidation sites excluding steroid dienone is 8. The first-order valence-corrected chi connectivity index (χ1v) is 40.0. The van der Waals surface area contributed by atoms with Crippen molar-refractivity contribution in [2.75, 3.05) is 62.4 Å². The van der Waals surface area contributed by atoms with Gasteiger partial charge in [0.05, 0.1) is 24.4 Å². The maximum atomic E-state index is 13.1. The topological polar surface area (TPSA) is 253 Å². The second-order valence-corrected chi connectivity index (χ2v) is 36.0. The van der Waals surface area contributed by atoms with Gasteiger partial charge in [0.25, 0.3) is 0 Å². The van der Waals surface area contributed by atoms with E-state index in [2.05, 4.69) is 91.3 Å². The molecule has 2 N–H and O–H groups in total. The van der Waals surface area contributed by atoms with E-state index in [1.54, 1.807) is 47.5 Å². The fourth-order valence-corrected chi connectivity index (χ4v) is 18.4. The van der Waals surface area contributed by atoms with Crippen molar-refractivity contribution in [2.45, 2.75) is 220 Å². The van der Waals surface area contributed by atoms with E-state index in [-0.39, 0.29) is 121 Å². The molecule has 0 spiro atoms. The highest BCUT2D eigenvalue weighted by atomic mass is 31.2. The van der Waals surface area contributed by atoms with Crippen molar-refractivity contribution in [3.05, 3.63) is 85.1 Å². The lowest BCUT2D eigenvalue weighted by Gasteiger charge is -2.40. The van der Waals surface area contributed by atoms with Gasteiger partial charge in [-0.25, -0.2) is 0 Å². The zero-order valence-electron chi connectivity index (χ0n) is 59.9. The Kier molecular flexibility index (Phi) is 47.0. The van der Waals surface area contributed by atoms with Crippen LogP contribution < -0.4 is 10.6 Å². The minimum absolute atomic E-state index is 0.0329. The van der Waals surface area contributed by atoms with Crippen LogP contribution in [-0.2, 0) is 84.4 Å². The van der Waals surface area contributed by atoms with E-state index in [4.69, 9.17) is 46.3 Å². The molecule has 2 fully saturated rings. The number of ether oxygens (including phenoxy) is 6.